The Balaban J connectivity index is 1.53. The Kier molecular flexibility index (Phi) is 6.76. The van der Waals surface area contributed by atoms with Crippen LogP contribution in [0.2, 0.25) is 0 Å². The van der Waals surface area contributed by atoms with Crippen LogP contribution in [-0.4, -0.2) is 40.7 Å². The Bertz CT molecular complexity index is 1170. The van der Waals surface area contributed by atoms with E-state index in [4.69, 9.17) is 9.47 Å². The number of anilines is 2. The van der Waals surface area contributed by atoms with Crippen LogP contribution < -0.4 is 24.4 Å². The predicted molar refractivity (Wildman–Crippen MR) is 131 cm³/mol. The normalized spacial score (nSPS) is 18.6. The number of piperazine rings is 1. The van der Waals surface area contributed by atoms with Gasteiger partial charge in [0.15, 0.2) is 0 Å². The molecule has 0 bridgehead atoms. The number of para-hydroxylation sites is 1. The minimum Gasteiger partial charge on any atom is -0.495 e. The molecule has 1 fully saturated rings. The Hall–Kier alpha value is -3.23. The standard InChI is InChI=1S/C25H29N3O4S/c1-18-16-28(17-19(2)26-18)24-15-20(9-14-25(24)31-3)27-33(29,30)23-12-10-22(11-13-23)32-21-7-5-4-6-8-21/h4-15,18-19,26-27H,16-17H2,1-3H3/t18-,19+. The van der Waals surface area contributed by atoms with Crippen molar-refractivity contribution < 1.29 is 17.9 Å². The predicted octanol–water partition coefficient (Wildman–Crippen LogP) is 4.47. The third-order valence-corrected chi connectivity index (χ3v) is 6.84. The second-order valence-corrected chi connectivity index (χ2v) is 9.93. The van der Waals surface area contributed by atoms with Gasteiger partial charge < -0.3 is 19.7 Å². The molecule has 8 heteroatoms. The number of hydrogen-bond donors (Lipinski definition) is 2. The van der Waals surface area contributed by atoms with Crippen LogP contribution in [0.25, 0.3) is 0 Å². The topological polar surface area (TPSA) is 79.9 Å². The average Bonchev–Trinajstić information content (AvgIpc) is 2.79. The molecule has 1 aliphatic heterocycles. The summed E-state index contributed by atoms with van der Waals surface area (Å²) in [6.07, 6.45) is 0. The van der Waals surface area contributed by atoms with Gasteiger partial charge in [-0.2, -0.15) is 0 Å². The second kappa shape index (κ2) is 9.72. The van der Waals surface area contributed by atoms with Crippen molar-refractivity contribution >= 4 is 21.4 Å². The zero-order valence-electron chi connectivity index (χ0n) is 19.0. The van der Waals surface area contributed by atoms with E-state index < -0.39 is 10.0 Å². The van der Waals surface area contributed by atoms with Crippen LogP contribution in [0.15, 0.2) is 77.7 Å². The lowest BCUT2D eigenvalue weighted by Crippen LogP contribution is -2.54. The van der Waals surface area contributed by atoms with Crippen LogP contribution in [0.3, 0.4) is 0 Å². The van der Waals surface area contributed by atoms with Crippen molar-refractivity contribution in [2.45, 2.75) is 30.8 Å². The number of nitrogens with zero attached hydrogens (tertiary/aromatic N) is 1. The number of rotatable bonds is 7. The first kappa shape index (κ1) is 22.9. The molecule has 7 nitrogen and oxygen atoms in total. The molecular weight excluding hydrogens is 438 g/mol. The van der Waals surface area contributed by atoms with Gasteiger partial charge in [0.05, 0.1) is 23.4 Å². The molecule has 174 valence electrons. The molecule has 2 N–H and O–H groups in total. The van der Waals surface area contributed by atoms with E-state index >= 15 is 0 Å². The number of sulfonamides is 1. The number of benzene rings is 3. The summed E-state index contributed by atoms with van der Waals surface area (Å²) >= 11 is 0. The molecule has 0 aliphatic carbocycles. The summed E-state index contributed by atoms with van der Waals surface area (Å²) in [4.78, 5) is 2.38. The molecular formula is C25H29N3O4S. The molecule has 2 atom stereocenters. The van der Waals surface area contributed by atoms with Crippen molar-refractivity contribution in [3.05, 3.63) is 72.8 Å². The number of nitrogens with one attached hydrogen (secondary N) is 2. The number of ether oxygens (including phenoxy) is 2. The van der Waals surface area contributed by atoms with Gasteiger partial charge in [0.1, 0.15) is 17.2 Å². The molecule has 0 unspecified atom stereocenters. The fourth-order valence-electron chi connectivity index (χ4n) is 4.05. The Labute approximate surface area is 195 Å². The van der Waals surface area contributed by atoms with E-state index in [2.05, 4.69) is 28.8 Å². The minimum absolute atomic E-state index is 0.157. The van der Waals surface area contributed by atoms with Crippen LogP contribution in [0.5, 0.6) is 17.2 Å². The van der Waals surface area contributed by atoms with E-state index in [9.17, 15) is 8.42 Å². The minimum atomic E-state index is -3.77. The van der Waals surface area contributed by atoms with Crippen molar-refractivity contribution in [1.29, 1.82) is 0 Å². The van der Waals surface area contributed by atoms with Gasteiger partial charge >= 0.3 is 0 Å². The Morgan fingerprint density at radius 2 is 1.55 bits per heavy atom. The molecule has 0 aromatic heterocycles. The van der Waals surface area contributed by atoms with Crippen molar-refractivity contribution in [1.82, 2.24) is 5.32 Å². The first-order valence-electron chi connectivity index (χ1n) is 10.9. The van der Waals surface area contributed by atoms with Crippen LogP contribution in [0, 0.1) is 0 Å². The van der Waals surface area contributed by atoms with Crippen LogP contribution >= 0.6 is 0 Å². The maximum Gasteiger partial charge on any atom is 0.261 e. The summed E-state index contributed by atoms with van der Waals surface area (Å²) in [5, 5.41) is 3.51. The molecule has 0 spiro atoms. The largest absolute Gasteiger partial charge is 0.495 e. The van der Waals surface area contributed by atoms with E-state index in [1.54, 1.807) is 31.4 Å². The van der Waals surface area contributed by atoms with Gasteiger partial charge in [-0.05, 0) is 68.4 Å². The molecule has 0 amide bonds. The zero-order chi connectivity index (χ0) is 23.4. The van der Waals surface area contributed by atoms with E-state index in [0.29, 0.717) is 35.0 Å². The first-order chi connectivity index (χ1) is 15.8. The smallest absolute Gasteiger partial charge is 0.261 e. The highest BCUT2D eigenvalue weighted by Gasteiger charge is 2.24. The van der Waals surface area contributed by atoms with Gasteiger partial charge in [-0.15, -0.1) is 0 Å². The zero-order valence-corrected chi connectivity index (χ0v) is 19.8. The second-order valence-electron chi connectivity index (χ2n) is 8.25. The van der Waals surface area contributed by atoms with E-state index in [0.717, 1.165) is 18.8 Å². The molecule has 1 aliphatic rings. The monoisotopic (exact) mass is 467 g/mol. The summed E-state index contributed by atoms with van der Waals surface area (Å²) in [6, 6.07) is 21.7. The molecule has 33 heavy (non-hydrogen) atoms. The summed E-state index contributed by atoms with van der Waals surface area (Å²) in [7, 11) is -2.15. The lowest BCUT2D eigenvalue weighted by Gasteiger charge is -2.38. The highest BCUT2D eigenvalue weighted by atomic mass is 32.2. The molecule has 1 saturated heterocycles. The van der Waals surface area contributed by atoms with Gasteiger partial charge in [0.2, 0.25) is 0 Å². The molecule has 1 heterocycles. The van der Waals surface area contributed by atoms with Gasteiger partial charge in [-0.3, -0.25) is 4.72 Å². The lowest BCUT2D eigenvalue weighted by atomic mass is 10.1. The molecule has 0 radical (unpaired) electrons. The fraction of sp³-hybridized carbons (Fsp3) is 0.280. The van der Waals surface area contributed by atoms with Gasteiger partial charge in [-0.1, -0.05) is 18.2 Å². The van der Waals surface area contributed by atoms with Crippen LogP contribution in [0.4, 0.5) is 11.4 Å². The van der Waals surface area contributed by atoms with E-state index in [-0.39, 0.29) is 4.90 Å². The van der Waals surface area contributed by atoms with E-state index in [1.165, 1.54) is 12.1 Å². The SMILES string of the molecule is COc1ccc(NS(=O)(=O)c2ccc(Oc3ccccc3)cc2)cc1N1C[C@@H](C)N[C@@H](C)C1. The van der Waals surface area contributed by atoms with Crippen molar-refractivity contribution in [2.24, 2.45) is 0 Å². The summed E-state index contributed by atoms with van der Waals surface area (Å²) in [5.41, 5.74) is 1.35. The van der Waals surface area contributed by atoms with Crippen LogP contribution in [-0.2, 0) is 10.0 Å². The lowest BCUT2D eigenvalue weighted by molar-refractivity contribution is 0.391. The Morgan fingerprint density at radius 1 is 0.909 bits per heavy atom. The molecule has 3 aromatic rings. The third-order valence-electron chi connectivity index (χ3n) is 5.44. The maximum absolute atomic E-state index is 13.0. The molecule has 4 rings (SSSR count). The first-order valence-corrected chi connectivity index (χ1v) is 12.4. The van der Waals surface area contributed by atoms with Crippen LogP contribution in [0.1, 0.15) is 13.8 Å². The third kappa shape index (κ3) is 5.58. The van der Waals surface area contributed by atoms with Crippen molar-refractivity contribution in [3.63, 3.8) is 0 Å². The summed E-state index contributed by atoms with van der Waals surface area (Å²) in [5.74, 6) is 1.96. The summed E-state index contributed by atoms with van der Waals surface area (Å²) in [6.45, 7) is 5.87. The maximum atomic E-state index is 13.0. The molecule has 3 aromatic carbocycles. The van der Waals surface area contributed by atoms with Gasteiger partial charge in [0.25, 0.3) is 10.0 Å². The quantitative estimate of drug-likeness (QED) is 0.534. The number of methoxy groups -OCH3 is 1. The van der Waals surface area contributed by atoms with Gasteiger partial charge in [-0.25, -0.2) is 8.42 Å². The van der Waals surface area contributed by atoms with Gasteiger partial charge in [0, 0.05) is 25.2 Å². The van der Waals surface area contributed by atoms with E-state index in [1.807, 2.05) is 36.4 Å². The average molecular weight is 468 g/mol. The highest BCUT2D eigenvalue weighted by molar-refractivity contribution is 7.92. The molecule has 0 saturated carbocycles. The van der Waals surface area contributed by atoms with Crippen molar-refractivity contribution in [2.75, 3.05) is 29.8 Å². The van der Waals surface area contributed by atoms with Crippen molar-refractivity contribution in [3.8, 4) is 17.2 Å². The number of hydrogen-bond acceptors (Lipinski definition) is 6. The Morgan fingerprint density at radius 3 is 2.18 bits per heavy atom. The fourth-order valence-corrected chi connectivity index (χ4v) is 5.10. The summed E-state index contributed by atoms with van der Waals surface area (Å²) < 4.78 is 40.0. The highest BCUT2D eigenvalue weighted by Crippen LogP contribution is 2.33.